The Morgan fingerprint density at radius 1 is 0.610 bits per heavy atom. The highest BCUT2D eigenvalue weighted by molar-refractivity contribution is 6.21. The van der Waals surface area contributed by atoms with Crippen LogP contribution >= 0.6 is 0 Å². The van der Waals surface area contributed by atoms with E-state index in [2.05, 4.69) is 224 Å². The van der Waals surface area contributed by atoms with Gasteiger partial charge in [0.25, 0.3) is 0 Å². The molecule has 0 saturated heterocycles. The van der Waals surface area contributed by atoms with E-state index < -0.39 is 0 Å². The van der Waals surface area contributed by atoms with Crippen molar-refractivity contribution in [1.29, 1.82) is 0 Å². The third-order valence-corrected chi connectivity index (χ3v) is 12.6. The molecular formula is C56H44N2O. The van der Waals surface area contributed by atoms with E-state index in [4.69, 9.17) is 4.42 Å². The zero-order chi connectivity index (χ0) is 39.5. The highest BCUT2D eigenvalue weighted by Gasteiger charge is 2.27. The Labute approximate surface area is 345 Å². The normalized spacial score (nSPS) is 17.4. The predicted octanol–water partition coefficient (Wildman–Crippen LogP) is 15.0. The van der Waals surface area contributed by atoms with Crippen molar-refractivity contribution in [2.24, 2.45) is 5.92 Å². The van der Waals surface area contributed by atoms with Crippen molar-refractivity contribution in [1.82, 2.24) is 4.57 Å². The van der Waals surface area contributed by atoms with E-state index >= 15 is 0 Å². The molecule has 0 saturated carbocycles. The number of nitrogens with zero attached hydrogens (tertiary/aromatic N) is 2. The average molecular weight is 761 g/mol. The number of benzene rings is 7. The van der Waals surface area contributed by atoms with E-state index in [1.165, 1.54) is 55.2 Å². The molecule has 3 heteroatoms. The van der Waals surface area contributed by atoms with Gasteiger partial charge in [-0.25, -0.2) is 0 Å². The SMILES string of the molecule is CC1C=Cc2c(oc3c2ccc2c3c3ccc(-c4ccc(N(C5=CCC(C)(c6ccccc6)C=C5)c5ccc(-c6ccccc6)cc5)cc4)cc3n2-c2ccccc2)C1. The largest absolute Gasteiger partial charge is 0.460 e. The fraction of sp³-hybridized carbons (Fsp3) is 0.107. The van der Waals surface area contributed by atoms with Crippen molar-refractivity contribution < 1.29 is 4.42 Å². The van der Waals surface area contributed by atoms with Gasteiger partial charge in [0.15, 0.2) is 0 Å². The minimum atomic E-state index is -0.0595. The molecule has 59 heavy (non-hydrogen) atoms. The summed E-state index contributed by atoms with van der Waals surface area (Å²) in [4.78, 5) is 2.39. The maximum atomic E-state index is 6.75. The minimum Gasteiger partial charge on any atom is -0.460 e. The lowest BCUT2D eigenvalue weighted by Crippen LogP contribution is -2.24. The summed E-state index contributed by atoms with van der Waals surface area (Å²) < 4.78 is 9.15. The minimum absolute atomic E-state index is 0.0595. The number of para-hydroxylation sites is 1. The molecule has 2 heterocycles. The van der Waals surface area contributed by atoms with Crippen LogP contribution in [0.15, 0.2) is 204 Å². The monoisotopic (exact) mass is 760 g/mol. The Morgan fingerprint density at radius 3 is 1.90 bits per heavy atom. The van der Waals surface area contributed by atoms with Crippen LogP contribution in [0.5, 0.6) is 0 Å². The van der Waals surface area contributed by atoms with Crippen LogP contribution in [0.2, 0.25) is 0 Å². The van der Waals surface area contributed by atoms with Crippen molar-refractivity contribution in [3.8, 4) is 27.9 Å². The average Bonchev–Trinajstić information content (AvgIpc) is 3.83. The molecule has 0 aliphatic heterocycles. The molecular weight excluding hydrogens is 717 g/mol. The van der Waals surface area contributed by atoms with E-state index in [-0.39, 0.29) is 5.41 Å². The van der Waals surface area contributed by atoms with Gasteiger partial charge in [-0.05, 0) is 101 Å². The summed E-state index contributed by atoms with van der Waals surface area (Å²) in [5, 5.41) is 3.56. The van der Waals surface area contributed by atoms with Crippen molar-refractivity contribution >= 4 is 50.2 Å². The first-order valence-electron chi connectivity index (χ1n) is 20.8. The molecule has 0 spiro atoms. The van der Waals surface area contributed by atoms with Crippen LogP contribution in [-0.4, -0.2) is 4.57 Å². The molecule has 7 aromatic carbocycles. The van der Waals surface area contributed by atoms with Crippen LogP contribution in [0.25, 0.3) is 66.8 Å². The Bertz CT molecular complexity index is 3090. The lowest BCUT2D eigenvalue weighted by molar-refractivity contribution is 0.515. The number of hydrogen-bond acceptors (Lipinski definition) is 2. The summed E-state index contributed by atoms with van der Waals surface area (Å²) in [5.74, 6) is 1.56. The van der Waals surface area contributed by atoms with Crippen molar-refractivity contribution in [3.05, 3.63) is 217 Å². The molecule has 2 aliphatic rings. The van der Waals surface area contributed by atoms with Crippen molar-refractivity contribution in [2.45, 2.75) is 32.1 Å². The molecule has 2 aliphatic carbocycles. The third-order valence-electron chi connectivity index (χ3n) is 12.6. The summed E-state index contributed by atoms with van der Waals surface area (Å²) in [7, 11) is 0. The van der Waals surface area contributed by atoms with Crippen molar-refractivity contribution in [3.63, 3.8) is 0 Å². The fourth-order valence-corrected chi connectivity index (χ4v) is 9.32. The Kier molecular flexibility index (Phi) is 8.37. The third kappa shape index (κ3) is 6.04. The van der Waals surface area contributed by atoms with Crippen molar-refractivity contribution in [2.75, 3.05) is 4.90 Å². The Morgan fingerprint density at radius 2 is 1.22 bits per heavy atom. The summed E-state index contributed by atoms with van der Waals surface area (Å²) in [6.07, 6.45) is 13.5. The van der Waals surface area contributed by atoms with Gasteiger partial charge in [-0.3, -0.25) is 0 Å². The number of furan rings is 1. The van der Waals surface area contributed by atoms with E-state index in [0.717, 1.165) is 52.3 Å². The van der Waals surface area contributed by atoms with Crippen LogP contribution in [0.1, 0.15) is 37.2 Å². The van der Waals surface area contributed by atoms with Crippen LogP contribution in [0, 0.1) is 5.92 Å². The maximum Gasteiger partial charge on any atom is 0.144 e. The maximum absolute atomic E-state index is 6.75. The molecule has 0 N–H and O–H groups in total. The predicted molar refractivity (Wildman–Crippen MR) is 248 cm³/mol. The molecule has 2 atom stereocenters. The highest BCUT2D eigenvalue weighted by atomic mass is 16.3. The van der Waals surface area contributed by atoms with Gasteiger partial charge in [-0.15, -0.1) is 0 Å². The number of fused-ring (bicyclic) bond motifs is 7. The van der Waals surface area contributed by atoms with Gasteiger partial charge in [0, 0.05) is 50.9 Å². The molecule has 9 aromatic rings. The zero-order valence-corrected chi connectivity index (χ0v) is 33.3. The topological polar surface area (TPSA) is 21.3 Å². The molecule has 3 nitrogen and oxygen atoms in total. The number of aromatic nitrogens is 1. The van der Waals surface area contributed by atoms with E-state index in [0.29, 0.717) is 5.92 Å². The lowest BCUT2D eigenvalue weighted by atomic mass is 9.77. The molecule has 2 aromatic heterocycles. The molecule has 0 bridgehead atoms. The number of allylic oxidation sites excluding steroid dienone is 4. The quantitative estimate of drug-likeness (QED) is 0.161. The molecule has 11 rings (SSSR count). The lowest BCUT2D eigenvalue weighted by Gasteiger charge is -2.33. The second kappa shape index (κ2) is 14.1. The van der Waals surface area contributed by atoms with E-state index in [1.54, 1.807) is 0 Å². The first kappa shape index (κ1) is 35.1. The van der Waals surface area contributed by atoms with Gasteiger partial charge < -0.3 is 13.9 Å². The van der Waals surface area contributed by atoms with E-state index in [9.17, 15) is 0 Å². The summed E-state index contributed by atoms with van der Waals surface area (Å²) >= 11 is 0. The second-order valence-corrected chi connectivity index (χ2v) is 16.5. The zero-order valence-electron chi connectivity index (χ0n) is 33.3. The van der Waals surface area contributed by atoms with Crippen LogP contribution in [0.4, 0.5) is 11.4 Å². The van der Waals surface area contributed by atoms with Crippen LogP contribution < -0.4 is 4.90 Å². The Balaban J connectivity index is 1.000. The van der Waals surface area contributed by atoms with Gasteiger partial charge in [0.2, 0.25) is 0 Å². The molecule has 0 radical (unpaired) electrons. The van der Waals surface area contributed by atoms with Gasteiger partial charge in [-0.1, -0.05) is 153 Å². The van der Waals surface area contributed by atoms with Crippen LogP contribution in [0.3, 0.4) is 0 Å². The standard InChI is InChI=1S/C56H44N2O/c1-38-18-28-48-49-30-31-51-54(55(49)59-53(48)36-38)50-29-23-42(37-52(50)58(51)44-16-10-5-11-17-44)41-21-26-46(27-22-41)57(45-24-19-40(20-25-45)39-12-6-3-7-13-39)47-32-34-56(2,35-33-47)43-14-8-4-9-15-43/h3-34,37-38H,35-36H2,1-2H3. The van der Waals surface area contributed by atoms with Crippen LogP contribution in [-0.2, 0) is 11.8 Å². The smallest absolute Gasteiger partial charge is 0.144 e. The first-order chi connectivity index (χ1) is 29.0. The highest BCUT2D eigenvalue weighted by Crippen LogP contribution is 2.44. The molecule has 0 fully saturated rings. The molecule has 2 unspecified atom stereocenters. The first-order valence-corrected chi connectivity index (χ1v) is 20.8. The van der Waals surface area contributed by atoms with Gasteiger partial charge >= 0.3 is 0 Å². The fourth-order valence-electron chi connectivity index (χ4n) is 9.32. The van der Waals surface area contributed by atoms with Gasteiger partial charge in [0.1, 0.15) is 11.3 Å². The Hall–Kier alpha value is -7.10. The number of rotatable bonds is 7. The van der Waals surface area contributed by atoms with Gasteiger partial charge in [0.05, 0.1) is 16.4 Å². The number of anilines is 2. The van der Waals surface area contributed by atoms with Gasteiger partial charge in [-0.2, -0.15) is 0 Å². The van der Waals surface area contributed by atoms with E-state index in [1.807, 2.05) is 0 Å². The number of hydrogen-bond donors (Lipinski definition) is 0. The summed E-state index contributed by atoms with van der Waals surface area (Å²) in [5.41, 5.74) is 15.1. The summed E-state index contributed by atoms with van der Waals surface area (Å²) in [6.45, 7) is 4.58. The molecule has 284 valence electrons. The summed E-state index contributed by atoms with van der Waals surface area (Å²) in [6, 6.07) is 61.6. The second-order valence-electron chi connectivity index (χ2n) is 16.5. The molecule has 0 amide bonds.